The van der Waals surface area contributed by atoms with Crippen LogP contribution in [0.3, 0.4) is 0 Å². The fourth-order valence-corrected chi connectivity index (χ4v) is 1.94. The van der Waals surface area contributed by atoms with E-state index in [1.807, 2.05) is 0 Å². The first-order valence-electron chi connectivity index (χ1n) is 6.20. The van der Waals surface area contributed by atoms with Gasteiger partial charge in [0.2, 0.25) is 0 Å². The average molecular weight is 349 g/mol. The maximum absolute atomic E-state index is 11.9. The Kier molecular flexibility index (Phi) is 5.11. The highest BCUT2D eigenvalue weighted by Crippen LogP contribution is 2.14. The average Bonchev–Trinajstić information content (AvgIpc) is 2.53. The number of halogens is 1. The number of methoxy groups -OCH3 is 1. The summed E-state index contributed by atoms with van der Waals surface area (Å²) < 4.78 is 10.9. The smallest absolute Gasteiger partial charge is 0.337 e. The van der Waals surface area contributed by atoms with Gasteiger partial charge in [0.05, 0.1) is 12.7 Å². The molecule has 0 unspecified atom stereocenters. The number of carbonyl (C=O) groups excluding carboxylic acids is 2. The standard InChI is InChI=1S/C16H13BrO4/c1-20-16(19)12-4-8-14(9-5-12)21-10-15(18)11-2-6-13(17)7-3-11/h2-9H,10H2,1H3. The zero-order valence-electron chi connectivity index (χ0n) is 11.3. The van der Waals surface area contributed by atoms with E-state index in [4.69, 9.17) is 4.74 Å². The van der Waals surface area contributed by atoms with Gasteiger partial charge in [-0.1, -0.05) is 28.1 Å². The number of carbonyl (C=O) groups is 2. The molecule has 0 aliphatic heterocycles. The fourth-order valence-electron chi connectivity index (χ4n) is 1.67. The lowest BCUT2D eigenvalue weighted by Crippen LogP contribution is -2.11. The van der Waals surface area contributed by atoms with Crippen LogP contribution >= 0.6 is 15.9 Å². The summed E-state index contributed by atoms with van der Waals surface area (Å²) in [6.07, 6.45) is 0. The maximum Gasteiger partial charge on any atom is 0.337 e. The van der Waals surface area contributed by atoms with Crippen molar-refractivity contribution in [3.05, 3.63) is 64.1 Å². The molecule has 0 amide bonds. The van der Waals surface area contributed by atoms with Crippen molar-refractivity contribution < 1.29 is 19.1 Å². The molecule has 4 nitrogen and oxygen atoms in total. The summed E-state index contributed by atoms with van der Waals surface area (Å²) in [6, 6.07) is 13.5. The van der Waals surface area contributed by atoms with E-state index in [1.165, 1.54) is 7.11 Å². The molecule has 0 aliphatic carbocycles. The summed E-state index contributed by atoms with van der Waals surface area (Å²) in [7, 11) is 1.32. The minimum absolute atomic E-state index is 0.0563. The van der Waals surface area contributed by atoms with Crippen molar-refractivity contribution in [2.45, 2.75) is 0 Å². The molecule has 0 saturated heterocycles. The largest absolute Gasteiger partial charge is 0.485 e. The topological polar surface area (TPSA) is 52.6 Å². The lowest BCUT2D eigenvalue weighted by molar-refractivity contribution is 0.0600. The second-order valence-electron chi connectivity index (χ2n) is 4.23. The zero-order valence-corrected chi connectivity index (χ0v) is 12.9. The minimum atomic E-state index is -0.410. The molecule has 0 N–H and O–H groups in total. The van der Waals surface area contributed by atoms with E-state index < -0.39 is 5.97 Å². The maximum atomic E-state index is 11.9. The van der Waals surface area contributed by atoms with E-state index in [1.54, 1.807) is 48.5 Å². The third-order valence-corrected chi connectivity index (χ3v) is 3.34. The lowest BCUT2D eigenvalue weighted by atomic mass is 10.1. The second-order valence-corrected chi connectivity index (χ2v) is 5.15. The Morgan fingerprint density at radius 3 is 2.10 bits per heavy atom. The molecular weight excluding hydrogens is 336 g/mol. The molecule has 2 aromatic carbocycles. The van der Waals surface area contributed by atoms with Crippen molar-refractivity contribution in [3.63, 3.8) is 0 Å². The highest BCUT2D eigenvalue weighted by atomic mass is 79.9. The molecule has 2 rings (SSSR count). The van der Waals surface area contributed by atoms with Crippen LogP contribution in [0, 0.1) is 0 Å². The van der Waals surface area contributed by atoms with Gasteiger partial charge in [0, 0.05) is 10.0 Å². The van der Waals surface area contributed by atoms with Gasteiger partial charge in [0.1, 0.15) is 5.75 Å². The molecule has 0 atom stereocenters. The molecule has 0 saturated carbocycles. The monoisotopic (exact) mass is 348 g/mol. The van der Waals surface area contributed by atoms with E-state index >= 15 is 0 Å². The summed E-state index contributed by atoms with van der Waals surface area (Å²) in [5.41, 5.74) is 1.02. The van der Waals surface area contributed by atoms with Crippen molar-refractivity contribution in [1.29, 1.82) is 0 Å². The van der Waals surface area contributed by atoms with E-state index in [2.05, 4.69) is 20.7 Å². The number of ketones is 1. The molecule has 21 heavy (non-hydrogen) atoms. The van der Waals surface area contributed by atoms with Gasteiger partial charge in [0.15, 0.2) is 12.4 Å². The van der Waals surface area contributed by atoms with Crippen LogP contribution in [0.4, 0.5) is 0 Å². The first kappa shape index (κ1) is 15.3. The predicted octanol–water partition coefficient (Wildman–Crippen LogP) is 3.50. The van der Waals surface area contributed by atoms with Crippen LogP contribution in [0.5, 0.6) is 5.75 Å². The van der Waals surface area contributed by atoms with Crippen molar-refractivity contribution in [2.24, 2.45) is 0 Å². The number of rotatable bonds is 5. The van der Waals surface area contributed by atoms with E-state index in [0.717, 1.165) is 4.47 Å². The molecule has 0 aliphatic rings. The number of benzene rings is 2. The molecule has 5 heteroatoms. The fraction of sp³-hybridized carbons (Fsp3) is 0.125. The molecule has 108 valence electrons. The SMILES string of the molecule is COC(=O)c1ccc(OCC(=O)c2ccc(Br)cc2)cc1. The molecule has 2 aromatic rings. The molecule has 0 spiro atoms. The van der Waals surface area contributed by atoms with Gasteiger partial charge in [-0.15, -0.1) is 0 Å². The Hall–Kier alpha value is -2.14. The number of hydrogen-bond donors (Lipinski definition) is 0. The number of Topliss-reactive ketones (excluding diaryl/α,β-unsaturated/α-hetero) is 1. The molecule has 0 radical (unpaired) electrons. The van der Waals surface area contributed by atoms with E-state index in [0.29, 0.717) is 16.9 Å². The summed E-state index contributed by atoms with van der Waals surface area (Å²) in [5, 5.41) is 0. The quantitative estimate of drug-likeness (QED) is 0.613. The number of esters is 1. The Labute approximate surface area is 130 Å². The number of hydrogen-bond acceptors (Lipinski definition) is 4. The van der Waals surface area contributed by atoms with Crippen LogP contribution in [-0.2, 0) is 4.74 Å². The van der Waals surface area contributed by atoms with Crippen LogP contribution in [-0.4, -0.2) is 25.5 Å². The van der Waals surface area contributed by atoms with Crippen LogP contribution in [0.25, 0.3) is 0 Å². The van der Waals surface area contributed by atoms with Crippen LogP contribution in [0.2, 0.25) is 0 Å². The Morgan fingerprint density at radius 1 is 0.952 bits per heavy atom. The summed E-state index contributed by atoms with van der Waals surface area (Å²) in [6.45, 7) is -0.0563. The molecular formula is C16H13BrO4. The van der Waals surface area contributed by atoms with Crippen molar-refractivity contribution >= 4 is 27.7 Å². The van der Waals surface area contributed by atoms with Gasteiger partial charge in [-0.2, -0.15) is 0 Å². The normalized spacial score (nSPS) is 10.0. The highest BCUT2D eigenvalue weighted by molar-refractivity contribution is 9.10. The van der Waals surface area contributed by atoms with Gasteiger partial charge >= 0.3 is 5.97 Å². The Bertz CT molecular complexity index is 632. The van der Waals surface area contributed by atoms with Gasteiger partial charge in [-0.05, 0) is 36.4 Å². The molecule has 0 aromatic heterocycles. The van der Waals surface area contributed by atoms with Crippen LogP contribution in [0.15, 0.2) is 53.0 Å². The van der Waals surface area contributed by atoms with Crippen LogP contribution < -0.4 is 4.74 Å². The predicted molar refractivity (Wildman–Crippen MR) is 81.7 cm³/mol. The highest BCUT2D eigenvalue weighted by Gasteiger charge is 2.08. The molecule has 0 fully saturated rings. The summed E-state index contributed by atoms with van der Waals surface area (Å²) in [5.74, 6) is 0.000137. The van der Waals surface area contributed by atoms with Gasteiger partial charge in [0.25, 0.3) is 0 Å². The first-order chi connectivity index (χ1) is 10.1. The van der Waals surface area contributed by atoms with Gasteiger partial charge < -0.3 is 9.47 Å². The summed E-state index contributed by atoms with van der Waals surface area (Å²) >= 11 is 3.31. The Morgan fingerprint density at radius 2 is 1.52 bits per heavy atom. The van der Waals surface area contributed by atoms with Gasteiger partial charge in [-0.3, -0.25) is 4.79 Å². The Balaban J connectivity index is 1.95. The van der Waals surface area contributed by atoms with Crippen molar-refractivity contribution in [1.82, 2.24) is 0 Å². The second kappa shape index (κ2) is 7.04. The summed E-state index contributed by atoms with van der Waals surface area (Å²) in [4.78, 5) is 23.2. The third kappa shape index (κ3) is 4.16. The third-order valence-electron chi connectivity index (χ3n) is 2.81. The molecule has 0 heterocycles. The van der Waals surface area contributed by atoms with Crippen LogP contribution in [0.1, 0.15) is 20.7 Å². The van der Waals surface area contributed by atoms with Crippen molar-refractivity contribution in [2.75, 3.05) is 13.7 Å². The van der Waals surface area contributed by atoms with Gasteiger partial charge in [-0.25, -0.2) is 4.79 Å². The minimum Gasteiger partial charge on any atom is -0.485 e. The zero-order chi connectivity index (χ0) is 15.2. The van der Waals surface area contributed by atoms with Crippen molar-refractivity contribution in [3.8, 4) is 5.75 Å². The first-order valence-corrected chi connectivity index (χ1v) is 6.99. The van der Waals surface area contributed by atoms with E-state index in [-0.39, 0.29) is 12.4 Å². The lowest BCUT2D eigenvalue weighted by Gasteiger charge is -2.06. The van der Waals surface area contributed by atoms with E-state index in [9.17, 15) is 9.59 Å². The number of ether oxygens (including phenoxy) is 2. The molecule has 0 bridgehead atoms.